The van der Waals surface area contributed by atoms with Gasteiger partial charge in [-0.15, -0.1) is 0 Å². The second kappa shape index (κ2) is 7.98. The van der Waals surface area contributed by atoms with Gasteiger partial charge in [-0.05, 0) is 37.2 Å². The van der Waals surface area contributed by atoms with Gasteiger partial charge in [0.15, 0.2) is 0 Å². The fourth-order valence-corrected chi connectivity index (χ4v) is 5.09. The van der Waals surface area contributed by atoms with E-state index in [4.69, 9.17) is 0 Å². The number of halogens is 3. The van der Waals surface area contributed by atoms with E-state index in [0.29, 0.717) is 18.4 Å². The lowest BCUT2D eigenvalue weighted by Crippen LogP contribution is -2.32. The van der Waals surface area contributed by atoms with Gasteiger partial charge < -0.3 is 10.2 Å². The van der Waals surface area contributed by atoms with E-state index in [1.54, 1.807) is 11.1 Å². The van der Waals surface area contributed by atoms with Crippen LogP contribution in [0.2, 0.25) is 0 Å². The summed E-state index contributed by atoms with van der Waals surface area (Å²) < 4.78 is 44.9. The number of aromatic nitrogens is 3. The Kier molecular flexibility index (Phi) is 4.94. The molecule has 0 aliphatic carbocycles. The van der Waals surface area contributed by atoms with Crippen molar-refractivity contribution in [2.75, 3.05) is 19.6 Å². The van der Waals surface area contributed by atoms with E-state index in [9.17, 15) is 13.2 Å². The summed E-state index contributed by atoms with van der Waals surface area (Å²) in [5.41, 5.74) is 3.59. The molecule has 9 heteroatoms. The van der Waals surface area contributed by atoms with Gasteiger partial charge in [0.25, 0.3) is 0 Å². The number of benzene rings is 1. The molecule has 3 aliphatic rings. The first-order valence-electron chi connectivity index (χ1n) is 11.2. The average Bonchev–Trinajstić information content (AvgIpc) is 3.60. The van der Waals surface area contributed by atoms with Crippen LogP contribution in [-0.4, -0.2) is 51.3 Å². The number of rotatable bonds is 3. The van der Waals surface area contributed by atoms with Crippen molar-refractivity contribution in [3.05, 3.63) is 71.3 Å². The van der Waals surface area contributed by atoms with E-state index in [1.807, 2.05) is 23.1 Å². The van der Waals surface area contributed by atoms with Crippen LogP contribution in [0.3, 0.4) is 0 Å². The maximum Gasteiger partial charge on any atom is 0.133 e. The molecule has 0 spiro atoms. The molecular weight excluding hydrogens is 429 g/mol. The average molecular weight is 452 g/mol. The molecule has 2 saturated heterocycles. The molecule has 5 heterocycles. The summed E-state index contributed by atoms with van der Waals surface area (Å²) in [6.07, 6.45) is 5.62. The topological polar surface area (TPSA) is 58.3 Å². The van der Waals surface area contributed by atoms with Crippen molar-refractivity contribution in [3.8, 4) is 11.1 Å². The maximum atomic E-state index is 14.5. The zero-order valence-electron chi connectivity index (χ0n) is 17.9. The lowest BCUT2D eigenvalue weighted by atomic mass is 10.0. The molecule has 0 saturated carbocycles. The van der Waals surface area contributed by atoms with Gasteiger partial charge in [0, 0.05) is 47.6 Å². The number of amidine groups is 1. The lowest BCUT2D eigenvalue weighted by Gasteiger charge is -2.27. The first-order chi connectivity index (χ1) is 16.1. The van der Waals surface area contributed by atoms with Crippen molar-refractivity contribution >= 4 is 5.84 Å². The van der Waals surface area contributed by atoms with Crippen LogP contribution in [0.15, 0.2) is 47.8 Å². The summed E-state index contributed by atoms with van der Waals surface area (Å²) in [5, 5.41) is 7.87. The van der Waals surface area contributed by atoms with Crippen molar-refractivity contribution in [1.29, 1.82) is 0 Å². The predicted octanol–water partition coefficient (Wildman–Crippen LogP) is 3.80. The SMILES string of the molecule is Fc1ccc(F)c([C@H]2C[C@H](F)CN2C2=NCc3ncc(-c4cnn(C5CCNC5)c4)cc32)c1. The van der Waals surface area contributed by atoms with Gasteiger partial charge in [-0.2, -0.15) is 5.10 Å². The van der Waals surface area contributed by atoms with Gasteiger partial charge >= 0.3 is 0 Å². The van der Waals surface area contributed by atoms with E-state index >= 15 is 0 Å². The van der Waals surface area contributed by atoms with Crippen molar-refractivity contribution in [3.63, 3.8) is 0 Å². The van der Waals surface area contributed by atoms with Crippen LogP contribution in [0.5, 0.6) is 0 Å². The van der Waals surface area contributed by atoms with Crippen LogP contribution in [0.1, 0.15) is 41.7 Å². The predicted molar refractivity (Wildman–Crippen MR) is 118 cm³/mol. The molecule has 2 aromatic heterocycles. The molecule has 1 unspecified atom stereocenters. The summed E-state index contributed by atoms with van der Waals surface area (Å²) in [4.78, 5) is 11.0. The standard InChI is InChI=1S/C24H23F3N6/c25-16-1-2-21(27)19(6-16)23-7-17(26)13-32(23)24-20-5-14(8-29-22(20)11-30-24)15-9-31-33(12-15)18-3-4-28-10-18/h1-2,5-6,8-9,12,17-18,23,28H,3-4,7,10-11,13H2/t17-,18?,23+/m0/s1. The number of aliphatic imine (C=N–C) groups is 1. The maximum absolute atomic E-state index is 14.5. The third-order valence-electron chi connectivity index (χ3n) is 6.77. The van der Waals surface area contributed by atoms with E-state index in [1.165, 1.54) is 0 Å². The monoisotopic (exact) mass is 452 g/mol. The highest BCUT2D eigenvalue weighted by molar-refractivity contribution is 6.02. The summed E-state index contributed by atoms with van der Waals surface area (Å²) in [5.74, 6) is -0.499. The Labute approximate surface area is 189 Å². The Hall–Kier alpha value is -3.20. The summed E-state index contributed by atoms with van der Waals surface area (Å²) in [7, 11) is 0. The number of likely N-dealkylation sites (tertiary alicyclic amines) is 1. The summed E-state index contributed by atoms with van der Waals surface area (Å²) in [6, 6.07) is 5.03. The van der Waals surface area contributed by atoms with E-state index in [-0.39, 0.29) is 18.5 Å². The fourth-order valence-electron chi connectivity index (χ4n) is 5.09. The van der Waals surface area contributed by atoms with Gasteiger partial charge in [0.2, 0.25) is 0 Å². The summed E-state index contributed by atoms with van der Waals surface area (Å²) >= 11 is 0. The number of hydrogen-bond acceptors (Lipinski definition) is 5. The number of nitrogens with one attached hydrogen (secondary N) is 1. The Bertz CT molecular complexity index is 1230. The van der Waals surface area contributed by atoms with Crippen LogP contribution in [0, 0.1) is 11.6 Å². The number of alkyl halides is 1. The van der Waals surface area contributed by atoms with Gasteiger partial charge in [-0.1, -0.05) is 0 Å². The molecule has 6 rings (SSSR count). The van der Waals surface area contributed by atoms with Crippen molar-refractivity contribution in [2.45, 2.75) is 37.6 Å². The quantitative estimate of drug-likeness (QED) is 0.657. The Morgan fingerprint density at radius 1 is 1.09 bits per heavy atom. The Morgan fingerprint density at radius 2 is 2.00 bits per heavy atom. The third kappa shape index (κ3) is 3.60. The largest absolute Gasteiger partial charge is 0.346 e. The summed E-state index contributed by atoms with van der Waals surface area (Å²) in [6.45, 7) is 2.34. The molecule has 0 bridgehead atoms. The first-order valence-corrected chi connectivity index (χ1v) is 11.2. The van der Waals surface area contributed by atoms with E-state index in [0.717, 1.165) is 60.1 Å². The molecule has 3 atom stereocenters. The minimum absolute atomic E-state index is 0.0791. The van der Waals surface area contributed by atoms with Crippen LogP contribution in [0.4, 0.5) is 13.2 Å². The highest BCUT2D eigenvalue weighted by Crippen LogP contribution is 2.38. The molecule has 1 aromatic carbocycles. The number of hydrogen-bond donors (Lipinski definition) is 1. The van der Waals surface area contributed by atoms with Gasteiger partial charge in [-0.25, -0.2) is 13.2 Å². The van der Waals surface area contributed by atoms with Crippen LogP contribution in [-0.2, 0) is 6.54 Å². The molecule has 6 nitrogen and oxygen atoms in total. The minimum atomic E-state index is -1.15. The van der Waals surface area contributed by atoms with Crippen molar-refractivity contribution in [2.24, 2.45) is 4.99 Å². The molecule has 170 valence electrons. The van der Waals surface area contributed by atoms with Crippen molar-refractivity contribution in [1.82, 2.24) is 25.0 Å². The second-order valence-electron chi connectivity index (χ2n) is 8.88. The zero-order chi connectivity index (χ0) is 22.5. The van der Waals surface area contributed by atoms with Crippen LogP contribution >= 0.6 is 0 Å². The molecule has 2 fully saturated rings. The zero-order valence-corrected chi connectivity index (χ0v) is 17.9. The van der Waals surface area contributed by atoms with Crippen molar-refractivity contribution < 1.29 is 13.2 Å². The minimum Gasteiger partial charge on any atom is -0.346 e. The molecule has 3 aromatic rings. The number of fused-ring (bicyclic) bond motifs is 1. The Morgan fingerprint density at radius 3 is 2.85 bits per heavy atom. The molecular formula is C24H23F3N6. The normalized spacial score (nSPS) is 24.4. The van der Waals surface area contributed by atoms with Gasteiger partial charge in [-0.3, -0.25) is 14.7 Å². The highest BCUT2D eigenvalue weighted by atomic mass is 19.1. The highest BCUT2D eigenvalue weighted by Gasteiger charge is 2.39. The molecule has 3 aliphatic heterocycles. The van der Waals surface area contributed by atoms with E-state index < -0.39 is 23.8 Å². The lowest BCUT2D eigenvalue weighted by molar-refractivity contribution is 0.341. The second-order valence-corrected chi connectivity index (χ2v) is 8.88. The van der Waals surface area contributed by atoms with Gasteiger partial charge in [0.1, 0.15) is 23.6 Å². The smallest absolute Gasteiger partial charge is 0.133 e. The number of pyridine rings is 1. The number of nitrogens with zero attached hydrogens (tertiary/aromatic N) is 5. The fraction of sp³-hybridized carbons (Fsp3) is 0.375. The molecule has 33 heavy (non-hydrogen) atoms. The first kappa shape index (κ1) is 20.4. The van der Waals surface area contributed by atoms with Crippen LogP contribution < -0.4 is 5.32 Å². The molecule has 0 amide bonds. The van der Waals surface area contributed by atoms with Gasteiger partial charge in [0.05, 0.1) is 37.1 Å². The van der Waals surface area contributed by atoms with E-state index in [2.05, 4.69) is 20.4 Å². The van der Waals surface area contributed by atoms with Crippen LogP contribution in [0.25, 0.3) is 11.1 Å². The molecule has 1 N–H and O–H groups in total. The Balaban J connectivity index is 1.33. The third-order valence-corrected chi connectivity index (χ3v) is 6.77. The molecule has 0 radical (unpaired) electrons.